The zero-order valence-corrected chi connectivity index (χ0v) is 11.6. The summed E-state index contributed by atoms with van der Waals surface area (Å²) < 4.78 is 39.8. The predicted octanol–water partition coefficient (Wildman–Crippen LogP) is 2.57. The van der Waals surface area contributed by atoms with Gasteiger partial charge in [-0.1, -0.05) is 12.1 Å². The lowest BCUT2D eigenvalue weighted by molar-refractivity contribution is 0.474. The molecule has 2 aromatic rings. The minimum atomic E-state index is -3.72. The number of sulfonamides is 1. The molecule has 0 heterocycles. The van der Waals surface area contributed by atoms with Crippen LogP contribution in [0.15, 0.2) is 53.4 Å². The second-order valence-electron chi connectivity index (χ2n) is 4.39. The topological polar surface area (TPSA) is 66.4 Å². The van der Waals surface area contributed by atoms with Crippen LogP contribution < -0.4 is 4.72 Å². The van der Waals surface area contributed by atoms with Gasteiger partial charge in [-0.25, -0.2) is 17.5 Å². The number of benzene rings is 2. The van der Waals surface area contributed by atoms with Crippen molar-refractivity contribution in [1.29, 1.82) is 0 Å². The normalized spacial score (nSPS) is 13.1. The summed E-state index contributed by atoms with van der Waals surface area (Å²) in [4.78, 5) is 0.0403. The van der Waals surface area contributed by atoms with Gasteiger partial charge in [0.05, 0.1) is 4.90 Å². The Morgan fingerprint density at radius 3 is 2.40 bits per heavy atom. The highest BCUT2D eigenvalue weighted by atomic mass is 32.2. The van der Waals surface area contributed by atoms with Crippen molar-refractivity contribution < 1.29 is 17.9 Å². The molecule has 2 rings (SSSR count). The number of phenolic OH excluding ortho intramolecular Hbond substituents is 1. The van der Waals surface area contributed by atoms with E-state index in [0.717, 1.165) is 0 Å². The molecular weight excluding hydrogens is 281 g/mol. The zero-order valence-electron chi connectivity index (χ0n) is 10.7. The first kappa shape index (κ1) is 14.5. The van der Waals surface area contributed by atoms with Gasteiger partial charge < -0.3 is 5.11 Å². The van der Waals surface area contributed by atoms with Gasteiger partial charge in [-0.3, -0.25) is 0 Å². The van der Waals surface area contributed by atoms with Gasteiger partial charge in [-0.2, -0.15) is 0 Å². The predicted molar refractivity (Wildman–Crippen MR) is 73.2 cm³/mol. The first-order valence-corrected chi connectivity index (χ1v) is 7.43. The SMILES string of the molecule is CC(NS(=O)(=O)c1ccc(O)cc1)c1cccc(F)c1. The van der Waals surface area contributed by atoms with Crippen LogP contribution >= 0.6 is 0 Å². The second kappa shape index (κ2) is 5.60. The number of halogens is 1. The fourth-order valence-electron chi connectivity index (χ4n) is 1.77. The molecule has 2 N–H and O–H groups in total. The molecule has 4 nitrogen and oxygen atoms in total. The summed E-state index contributed by atoms with van der Waals surface area (Å²) in [7, 11) is -3.72. The van der Waals surface area contributed by atoms with Crippen molar-refractivity contribution in [3.63, 3.8) is 0 Å². The Labute approximate surface area is 116 Å². The van der Waals surface area contributed by atoms with Crippen molar-refractivity contribution in [2.24, 2.45) is 0 Å². The fourth-order valence-corrected chi connectivity index (χ4v) is 3.00. The Hall–Kier alpha value is -1.92. The third kappa shape index (κ3) is 3.34. The van der Waals surface area contributed by atoms with E-state index in [-0.39, 0.29) is 10.6 Å². The maximum atomic E-state index is 13.1. The van der Waals surface area contributed by atoms with E-state index >= 15 is 0 Å². The van der Waals surface area contributed by atoms with E-state index in [1.165, 1.54) is 42.5 Å². The lowest BCUT2D eigenvalue weighted by Gasteiger charge is -2.14. The van der Waals surface area contributed by atoms with Crippen LogP contribution in [0.5, 0.6) is 5.75 Å². The molecule has 20 heavy (non-hydrogen) atoms. The lowest BCUT2D eigenvalue weighted by atomic mass is 10.1. The summed E-state index contributed by atoms with van der Waals surface area (Å²) >= 11 is 0. The molecule has 106 valence electrons. The monoisotopic (exact) mass is 295 g/mol. The first-order valence-electron chi connectivity index (χ1n) is 5.95. The third-order valence-corrected chi connectivity index (χ3v) is 4.38. The van der Waals surface area contributed by atoms with Gasteiger partial charge in [0, 0.05) is 6.04 Å². The van der Waals surface area contributed by atoms with E-state index < -0.39 is 21.9 Å². The van der Waals surface area contributed by atoms with Crippen LogP contribution in [-0.2, 0) is 10.0 Å². The minimum absolute atomic E-state index is 0.0119. The van der Waals surface area contributed by atoms with Gasteiger partial charge >= 0.3 is 0 Å². The van der Waals surface area contributed by atoms with Crippen molar-refractivity contribution >= 4 is 10.0 Å². The van der Waals surface area contributed by atoms with E-state index in [1.807, 2.05) is 0 Å². The second-order valence-corrected chi connectivity index (χ2v) is 6.11. The molecule has 0 saturated heterocycles. The van der Waals surface area contributed by atoms with Gasteiger partial charge in [-0.15, -0.1) is 0 Å². The fraction of sp³-hybridized carbons (Fsp3) is 0.143. The number of nitrogens with one attached hydrogen (secondary N) is 1. The molecule has 1 unspecified atom stereocenters. The van der Waals surface area contributed by atoms with Crippen LogP contribution in [-0.4, -0.2) is 13.5 Å². The average Bonchev–Trinajstić information content (AvgIpc) is 2.38. The lowest BCUT2D eigenvalue weighted by Crippen LogP contribution is -2.26. The molecule has 0 amide bonds. The molecule has 0 aliphatic carbocycles. The quantitative estimate of drug-likeness (QED) is 0.911. The minimum Gasteiger partial charge on any atom is -0.508 e. The number of aromatic hydroxyl groups is 1. The highest BCUT2D eigenvalue weighted by Crippen LogP contribution is 2.19. The van der Waals surface area contributed by atoms with Crippen molar-refractivity contribution in [3.8, 4) is 5.75 Å². The zero-order chi connectivity index (χ0) is 14.8. The van der Waals surface area contributed by atoms with Crippen LogP contribution in [0.2, 0.25) is 0 Å². The molecule has 0 saturated carbocycles. The molecule has 0 fully saturated rings. The Morgan fingerprint density at radius 2 is 1.80 bits per heavy atom. The maximum absolute atomic E-state index is 13.1. The van der Waals surface area contributed by atoms with Crippen molar-refractivity contribution in [3.05, 3.63) is 59.9 Å². The van der Waals surface area contributed by atoms with Crippen LogP contribution in [0.3, 0.4) is 0 Å². The largest absolute Gasteiger partial charge is 0.508 e. The van der Waals surface area contributed by atoms with Crippen molar-refractivity contribution in [1.82, 2.24) is 4.72 Å². The molecule has 0 spiro atoms. The number of phenols is 1. The highest BCUT2D eigenvalue weighted by Gasteiger charge is 2.18. The van der Waals surface area contributed by atoms with E-state index in [4.69, 9.17) is 5.11 Å². The molecule has 0 aliphatic rings. The highest BCUT2D eigenvalue weighted by molar-refractivity contribution is 7.89. The van der Waals surface area contributed by atoms with E-state index in [1.54, 1.807) is 13.0 Å². The van der Waals surface area contributed by atoms with Gasteiger partial charge in [0.15, 0.2) is 0 Å². The number of hydrogen-bond acceptors (Lipinski definition) is 3. The van der Waals surface area contributed by atoms with Gasteiger partial charge in [0.25, 0.3) is 0 Å². The molecule has 0 bridgehead atoms. The summed E-state index contributed by atoms with van der Waals surface area (Å²) in [5.41, 5.74) is 0.535. The summed E-state index contributed by atoms with van der Waals surface area (Å²) in [6.07, 6.45) is 0. The molecule has 6 heteroatoms. The summed E-state index contributed by atoms with van der Waals surface area (Å²) in [5.74, 6) is -0.430. The number of hydrogen-bond donors (Lipinski definition) is 2. The number of rotatable bonds is 4. The Bertz CT molecular complexity index is 699. The van der Waals surface area contributed by atoms with Gasteiger partial charge in [0.2, 0.25) is 10.0 Å². The van der Waals surface area contributed by atoms with Crippen LogP contribution in [0, 0.1) is 5.82 Å². The molecule has 0 radical (unpaired) electrons. The Balaban J connectivity index is 2.22. The van der Waals surface area contributed by atoms with Gasteiger partial charge in [0.1, 0.15) is 11.6 Å². The van der Waals surface area contributed by atoms with E-state index in [0.29, 0.717) is 5.56 Å². The Kier molecular flexibility index (Phi) is 4.06. The first-order chi connectivity index (χ1) is 9.38. The summed E-state index contributed by atoms with van der Waals surface area (Å²) in [5, 5.41) is 9.16. The van der Waals surface area contributed by atoms with E-state index in [9.17, 15) is 12.8 Å². The summed E-state index contributed by atoms with van der Waals surface area (Å²) in [6, 6.07) is 10.4. The molecular formula is C14H14FNO3S. The van der Waals surface area contributed by atoms with Crippen LogP contribution in [0.1, 0.15) is 18.5 Å². The average molecular weight is 295 g/mol. The Morgan fingerprint density at radius 1 is 1.15 bits per heavy atom. The van der Waals surface area contributed by atoms with Gasteiger partial charge in [-0.05, 0) is 48.9 Å². The van der Waals surface area contributed by atoms with E-state index in [2.05, 4.69) is 4.72 Å². The third-order valence-electron chi connectivity index (χ3n) is 2.83. The van der Waals surface area contributed by atoms with Crippen molar-refractivity contribution in [2.45, 2.75) is 17.9 Å². The standard InChI is InChI=1S/C14H14FNO3S/c1-10(11-3-2-4-12(15)9-11)16-20(18,19)14-7-5-13(17)6-8-14/h2-10,16-17H,1H3. The smallest absolute Gasteiger partial charge is 0.241 e. The molecule has 2 aromatic carbocycles. The molecule has 0 aliphatic heterocycles. The maximum Gasteiger partial charge on any atom is 0.241 e. The van der Waals surface area contributed by atoms with Crippen molar-refractivity contribution in [2.75, 3.05) is 0 Å². The molecule has 1 atom stereocenters. The summed E-state index contributed by atoms with van der Waals surface area (Å²) in [6.45, 7) is 1.63. The molecule has 0 aromatic heterocycles. The van der Waals surface area contributed by atoms with Crippen LogP contribution in [0.25, 0.3) is 0 Å². The van der Waals surface area contributed by atoms with Crippen LogP contribution in [0.4, 0.5) is 4.39 Å².